The molecule has 0 radical (unpaired) electrons. The highest BCUT2D eigenvalue weighted by molar-refractivity contribution is 7.99. The molecular formula is C26H27N3O2S. The topological polar surface area (TPSA) is 56.2 Å². The highest BCUT2D eigenvalue weighted by Gasteiger charge is 2.16. The first-order chi connectivity index (χ1) is 15.6. The van der Waals surface area contributed by atoms with E-state index in [4.69, 9.17) is 9.72 Å². The molecule has 4 aromatic rings. The highest BCUT2D eigenvalue weighted by atomic mass is 32.2. The van der Waals surface area contributed by atoms with Crippen molar-refractivity contribution in [2.45, 2.75) is 31.3 Å². The highest BCUT2D eigenvalue weighted by Crippen LogP contribution is 2.30. The van der Waals surface area contributed by atoms with Crippen LogP contribution in [0.1, 0.15) is 31.7 Å². The third-order valence-corrected chi connectivity index (χ3v) is 6.51. The van der Waals surface area contributed by atoms with Gasteiger partial charge in [0.1, 0.15) is 5.75 Å². The van der Waals surface area contributed by atoms with Crippen LogP contribution >= 0.6 is 11.8 Å². The number of benzene rings is 3. The number of nitrogens with one attached hydrogen (secondary N) is 1. The van der Waals surface area contributed by atoms with Gasteiger partial charge >= 0.3 is 0 Å². The Morgan fingerprint density at radius 3 is 2.53 bits per heavy atom. The van der Waals surface area contributed by atoms with E-state index >= 15 is 0 Å². The normalized spacial score (nSPS) is 12.0. The molecule has 0 bridgehead atoms. The molecule has 4 rings (SSSR count). The van der Waals surface area contributed by atoms with Crippen molar-refractivity contribution in [3.05, 3.63) is 78.4 Å². The number of amides is 1. The maximum Gasteiger partial charge on any atom is 0.234 e. The molecule has 0 fully saturated rings. The minimum atomic E-state index is -0.0425. The van der Waals surface area contributed by atoms with Crippen molar-refractivity contribution in [3.63, 3.8) is 0 Å². The summed E-state index contributed by atoms with van der Waals surface area (Å²) in [4.78, 5) is 17.6. The van der Waals surface area contributed by atoms with Crippen LogP contribution in [0, 0.1) is 0 Å². The van der Waals surface area contributed by atoms with E-state index in [1.807, 2.05) is 66.7 Å². The summed E-state index contributed by atoms with van der Waals surface area (Å²) >= 11 is 1.43. The van der Waals surface area contributed by atoms with Crippen molar-refractivity contribution in [3.8, 4) is 11.4 Å². The van der Waals surface area contributed by atoms with E-state index in [-0.39, 0.29) is 11.7 Å². The molecule has 0 aliphatic heterocycles. The molecule has 0 unspecified atom stereocenters. The second kappa shape index (κ2) is 9.92. The fraction of sp³-hybridized carbons (Fsp3) is 0.231. The number of carbonyl (C=O) groups is 1. The van der Waals surface area contributed by atoms with Gasteiger partial charge in [-0.25, -0.2) is 4.98 Å². The number of rotatable bonds is 8. The number of aromatic nitrogens is 2. The zero-order chi connectivity index (χ0) is 22.5. The van der Waals surface area contributed by atoms with Gasteiger partial charge in [0, 0.05) is 11.4 Å². The number of hydrogen-bond acceptors (Lipinski definition) is 4. The fourth-order valence-electron chi connectivity index (χ4n) is 3.66. The van der Waals surface area contributed by atoms with E-state index in [9.17, 15) is 4.79 Å². The Kier molecular flexibility index (Phi) is 6.81. The summed E-state index contributed by atoms with van der Waals surface area (Å²) in [7, 11) is 1.65. The van der Waals surface area contributed by atoms with Crippen LogP contribution in [0.2, 0.25) is 0 Å². The molecule has 6 heteroatoms. The zero-order valence-electron chi connectivity index (χ0n) is 18.5. The molecule has 1 aromatic heterocycles. The van der Waals surface area contributed by atoms with Gasteiger partial charge in [-0.2, -0.15) is 0 Å². The smallest absolute Gasteiger partial charge is 0.234 e. The molecule has 1 heterocycles. The Bertz CT molecular complexity index is 1220. The number of para-hydroxylation sites is 3. The van der Waals surface area contributed by atoms with Crippen LogP contribution in [0.5, 0.6) is 5.75 Å². The summed E-state index contributed by atoms with van der Waals surface area (Å²) in [5.41, 5.74) is 4.93. The van der Waals surface area contributed by atoms with Crippen LogP contribution in [0.3, 0.4) is 0 Å². The van der Waals surface area contributed by atoms with Crippen molar-refractivity contribution >= 4 is 34.4 Å². The third kappa shape index (κ3) is 4.65. The van der Waals surface area contributed by atoms with E-state index in [0.29, 0.717) is 5.92 Å². The predicted molar refractivity (Wildman–Crippen MR) is 132 cm³/mol. The molecular weight excluding hydrogens is 418 g/mol. The van der Waals surface area contributed by atoms with E-state index < -0.39 is 0 Å². The van der Waals surface area contributed by atoms with Gasteiger partial charge < -0.3 is 10.1 Å². The minimum Gasteiger partial charge on any atom is -0.497 e. The van der Waals surface area contributed by atoms with Gasteiger partial charge in [0.2, 0.25) is 5.91 Å². The summed E-state index contributed by atoms with van der Waals surface area (Å²) < 4.78 is 7.37. The summed E-state index contributed by atoms with van der Waals surface area (Å²) in [5.74, 6) is 1.41. The minimum absolute atomic E-state index is 0.0425. The van der Waals surface area contributed by atoms with E-state index in [0.717, 1.165) is 39.7 Å². The quantitative estimate of drug-likeness (QED) is 0.324. The van der Waals surface area contributed by atoms with Crippen molar-refractivity contribution in [2.24, 2.45) is 0 Å². The number of imidazole rings is 1. The summed E-state index contributed by atoms with van der Waals surface area (Å²) in [6.45, 7) is 4.33. The number of anilines is 1. The number of nitrogens with zero attached hydrogens (tertiary/aromatic N) is 2. The Morgan fingerprint density at radius 2 is 1.78 bits per heavy atom. The number of fused-ring (bicyclic) bond motifs is 1. The average Bonchev–Trinajstić information content (AvgIpc) is 3.21. The molecule has 0 aliphatic rings. The lowest BCUT2D eigenvalue weighted by Crippen LogP contribution is -2.16. The number of thioether (sulfide) groups is 1. The van der Waals surface area contributed by atoms with Crippen LogP contribution in [0.25, 0.3) is 16.7 Å². The Morgan fingerprint density at radius 1 is 1.06 bits per heavy atom. The predicted octanol–water partition coefficient (Wildman–Crippen LogP) is 6.28. The Hall–Kier alpha value is -3.25. The molecule has 0 saturated carbocycles. The Balaban J connectivity index is 1.57. The second-order valence-electron chi connectivity index (χ2n) is 7.65. The largest absolute Gasteiger partial charge is 0.497 e. The molecule has 1 atom stereocenters. The average molecular weight is 446 g/mol. The van der Waals surface area contributed by atoms with Gasteiger partial charge in [0.15, 0.2) is 5.16 Å². The number of hydrogen-bond donors (Lipinski definition) is 1. The molecule has 164 valence electrons. The standard InChI is InChI=1S/C26H27N3O2S/c1-4-18(2)21-9-5-6-10-22(21)27-25(30)17-32-26-28-23-11-7-8-12-24(23)29(26)19-13-15-20(31-3)16-14-19/h5-16,18H,4,17H2,1-3H3,(H,27,30)/t18-/m1/s1. The fourth-order valence-corrected chi connectivity index (χ4v) is 4.49. The van der Waals surface area contributed by atoms with Crippen LogP contribution in [0.15, 0.2) is 78.0 Å². The van der Waals surface area contributed by atoms with E-state index in [1.54, 1.807) is 7.11 Å². The second-order valence-corrected chi connectivity index (χ2v) is 8.59. The van der Waals surface area contributed by atoms with Gasteiger partial charge in [-0.15, -0.1) is 0 Å². The van der Waals surface area contributed by atoms with Gasteiger partial charge in [-0.05, 0) is 60.4 Å². The van der Waals surface area contributed by atoms with E-state index in [2.05, 4.69) is 29.8 Å². The molecule has 5 nitrogen and oxygen atoms in total. The lowest BCUT2D eigenvalue weighted by atomic mass is 9.97. The first kappa shape index (κ1) is 22.0. The van der Waals surface area contributed by atoms with Crippen molar-refractivity contribution in [1.29, 1.82) is 0 Å². The van der Waals surface area contributed by atoms with Gasteiger partial charge in [0.25, 0.3) is 0 Å². The molecule has 0 saturated heterocycles. The SMILES string of the molecule is CC[C@@H](C)c1ccccc1NC(=O)CSc1nc2ccccc2n1-c1ccc(OC)cc1. The first-order valence-corrected chi connectivity index (χ1v) is 11.7. The molecule has 1 N–H and O–H groups in total. The summed E-state index contributed by atoms with van der Waals surface area (Å²) in [6, 6.07) is 23.9. The zero-order valence-corrected chi connectivity index (χ0v) is 19.4. The van der Waals surface area contributed by atoms with Crippen LogP contribution < -0.4 is 10.1 Å². The van der Waals surface area contributed by atoms with Crippen LogP contribution in [0.4, 0.5) is 5.69 Å². The third-order valence-electron chi connectivity index (χ3n) is 5.57. The molecule has 0 aliphatic carbocycles. The maximum absolute atomic E-state index is 12.8. The Labute approximate surface area is 192 Å². The van der Waals surface area contributed by atoms with Crippen LogP contribution in [-0.2, 0) is 4.79 Å². The van der Waals surface area contributed by atoms with Crippen molar-refractivity contribution < 1.29 is 9.53 Å². The molecule has 32 heavy (non-hydrogen) atoms. The maximum atomic E-state index is 12.8. The summed E-state index contributed by atoms with van der Waals surface area (Å²) in [6.07, 6.45) is 1.02. The number of ether oxygens (including phenoxy) is 1. The van der Waals surface area contributed by atoms with Crippen molar-refractivity contribution in [2.75, 3.05) is 18.2 Å². The monoisotopic (exact) mass is 445 g/mol. The first-order valence-electron chi connectivity index (χ1n) is 10.7. The van der Waals surface area contributed by atoms with Gasteiger partial charge in [0.05, 0.1) is 23.9 Å². The lowest BCUT2D eigenvalue weighted by molar-refractivity contribution is -0.113. The van der Waals surface area contributed by atoms with E-state index in [1.165, 1.54) is 17.3 Å². The van der Waals surface area contributed by atoms with Crippen molar-refractivity contribution in [1.82, 2.24) is 9.55 Å². The molecule has 3 aromatic carbocycles. The molecule has 1 amide bonds. The van der Waals surface area contributed by atoms with Gasteiger partial charge in [-0.1, -0.05) is 55.9 Å². The van der Waals surface area contributed by atoms with Gasteiger partial charge in [-0.3, -0.25) is 9.36 Å². The molecule has 0 spiro atoms. The lowest BCUT2D eigenvalue weighted by Gasteiger charge is -2.15. The number of carbonyl (C=O) groups excluding carboxylic acids is 1. The van der Waals surface area contributed by atoms with Crippen LogP contribution in [-0.4, -0.2) is 28.3 Å². The number of methoxy groups -OCH3 is 1. The summed E-state index contributed by atoms with van der Waals surface area (Å²) in [5, 5.41) is 3.87.